The maximum absolute atomic E-state index is 2.81. The lowest BCUT2D eigenvalue weighted by atomic mass is 9.82. The number of rotatable bonds is 2. The van der Waals surface area contributed by atoms with Gasteiger partial charge in [0.2, 0.25) is 0 Å². The molecule has 6 rings (SSSR count). The molecule has 0 bridgehead atoms. The molecule has 8 atom stereocenters. The second kappa shape index (κ2) is 6.86. The fraction of sp³-hybridized carbons (Fsp3) is 0.643. The summed E-state index contributed by atoms with van der Waals surface area (Å²) in [5, 5.41) is 0. The molecular weight excluding hydrogens is 378 g/mol. The standard InChI is InChI=1S/C28H39NSi/c1-18-13-15-23-24(17-18)29(2)27-26(23)21-11-7-8-12-22(21)28(27)30(3,4)25-16-14-19-9-5-6-10-20(19)25/h7-8,11-13,15,17,19-22,25-28H,5-6,9-10,14,16H2,1-4H3. The Kier molecular flexibility index (Phi) is 4.44. The molecule has 0 aromatic heterocycles. The largest absolute Gasteiger partial charge is 0.371 e. The van der Waals surface area contributed by atoms with E-state index in [1.54, 1.807) is 5.56 Å². The molecule has 8 unspecified atom stereocenters. The number of benzene rings is 1. The monoisotopic (exact) mass is 417 g/mol. The fourth-order valence-corrected chi connectivity index (χ4v) is 14.7. The number of anilines is 1. The lowest BCUT2D eigenvalue weighted by molar-refractivity contribution is 0.273. The second-order valence-electron chi connectivity index (χ2n) is 11.9. The Morgan fingerprint density at radius 2 is 1.70 bits per heavy atom. The highest BCUT2D eigenvalue weighted by atomic mass is 28.3. The fourth-order valence-electron chi connectivity index (χ4n) is 9.15. The third-order valence-electron chi connectivity index (χ3n) is 10.3. The Balaban J connectivity index is 1.42. The van der Waals surface area contributed by atoms with Crippen molar-refractivity contribution in [1.29, 1.82) is 0 Å². The van der Waals surface area contributed by atoms with Gasteiger partial charge in [-0.1, -0.05) is 88.1 Å². The van der Waals surface area contributed by atoms with E-state index >= 15 is 0 Å². The number of hydrogen-bond acceptors (Lipinski definition) is 1. The molecule has 4 aliphatic carbocycles. The van der Waals surface area contributed by atoms with Crippen molar-refractivity contribution in [3.63, 3.8) is 0 Å². The van der Waals surface area contributed by atoms with Gasteiger partial charge in [-0.2, -0.15) is 0 Å². The Morgan fingerprint density at radius 3 is 2.53 bits per heavy atom. The zero-order valence-electron chi connectivity index (χ0n) is 19.4. The SMILES string of the molecule is Cc1ccc2c(c1)N(C)C1C2C2C=CC=CC2C1[Si](C)(C)C1CCC2CCCCC21. The zero-order chi connectivity index (χ0) is 20.6. The lowest BCUT2D eigenvalue weighted by Gasteiger charge is -2.47. The third-order valence-corrected chi connectivity index (χ3v) is 15.4. The van der Waals surface area contributed by atoms with Crippen LogP contribution >= 0.6 is 0 Å². The number of aryl methyl sites for hydroxylation is 1. The second-order valence-corrected chi connectivity index (χ2v) is 16.9. The van der Waals surface area contributed by atoms with Crippen molar-refractivity contribution in [2.45, 2.75) is 81.6 Å². The highest BCUT2D eigenvalue weighted by Gasteiger charge is 2.62. The molecule has 1 heterocycles. The van der Waals surface area contributed by atoms with Gasteiger partial charge in [0, 0.05) is 24.7 Å². The van der Waals surface area contributed by atoms with Crippen LogP contribution in [0.5, 0.6) is 0 Å². The van der Waals surface area contributed by atoms with E-state index < -0.39 is 8.07 Å². The van der Waals surface area contributed by atoms with E-state index in [0.717, 1.165) is 28.8 Å². The maximum Gasteiger partial charge on any atom is 0.0568 e. The molecular formula is C28H39NSi. The normalized spacial score (nSPS) is 41.5. The van der Waals surface area contributed by atoms with Crippen molar-refractivity contribution in [2.24, 2.45) is 23.7 Å². The first-order chi connectivity index (χ1) is 14.5. The summed E-state index contributed by atoms with van der Waals surface area (Å²) in [6.07, 6.45) is 19.0. The van der Waals surface area contributed by atoms with Gasteiger partial charge in [0.15, 0.2) is 0 Å². The molecule has 5 aliphatic rings. The highest BCUT2D eigenvalue weighted by Crippen LogP contribution is 2.66. The van der Waals surface area contributed by atoms with Gasteiger partial charge in [-0.05, 0) is 58.9 Å². The van der Waals surface area contributed by atoms with Crippen molar-refractivity contribution in [3.8, 4) is 0 Å². The van der Waals surface area contributed by atoms with E-state index in [4.69, 9.17) is 0 Å². The smallest absolute Gasteiger partial charge is 0.0568 e. The van der Waals surface area contributed by atoms with E-state index in [1.807, 2.05) is 0 Å². The molecule has 0 amide bonds. The molecule has 160 valence electrons. The molecule has 0 N–H and O–H groups in total. The molecule has 1 aromatic carbocycles. The number of nitrogens with zero attached hydrogens (tertiary/aromatic N) is 1. The molecule has 30 heavy (non-hydrogen) atoms. The third kappa shape index (κ3) is 2.58. The predicted octanol–water partition coefficient (Wildman–Crippen LogP) is 7.32. The van der Waals surface area contributed by atoms with Gasteiger partial charge in [-0.15, -0.1) is 0 Å². The molecule has 1 aliphatic heterocycles. The molecule has 0 spiro atoms. The van der Waals surface area contributed by atoms with Gasteiger partial charge in [-0.3, -0.25) is 0 Å². The molecule has 3 fully saturated rings. The average molecular weight is 418 g/mol. The number of hydrogen-bond donors (Lipinski definition) is 0. The van der Waals surface area contributed by atoms with Crippen molar-refractivity contribution in [2.75, 3.05) is 11.9 Å². The minimum Gasteiger partial charge on any atom is -0.371 e. The summed E-state index contributed by atoms with van der Waals surface area (Å²) in [5.74, 6) is 4.26. The van der Waals surface area contributed by atoms with Crippen LogP contribution < -0.4 is 4.90 Å². The van der Waals surface area contributed by atoms with Gasteiger partial charge < -0.3 is 4.90 Å². The van der Waals surface area contributed by atoms with Gasteiger partial charge in [-0.25, -0.2) is 0 Å². The van der Waals surface area contributed by atoms with Gasteiger partial charge >= 0.3 is 0 Å². The van der Waals surface area contributed by atoms with Gasteiger partial charge in [0.25, 0.3) is 0 Å². The van der Waals surface area contributed by atoms with E-state index in [9.17, 15) is 0 Å². The van der Waals surface area contributed by atoms with E-state index in [1.165, 1.54) is 49.8 Å². The Hall–Kier alpha value is -1.28. The van der Waals surface area contributed by atoms with E-state index in [-0.39, 0.29) is 0 Å². The van der Waals surface area contributed by atoms with E-state index in [0.29, 0.717) is 17.9 Å². The Labute approximate surface area is 184 Å². The molecule has 3 saturated carbocycles. The van der Waals surface area contributed by atoms with Crippen LogP contribution in [-0.2, 0) is 0 Å². The summed E-state index contributed by atoms with van der Waals surface area (Å²) in [4.78, 5) is 2.74. The average Bonchev–Trinajstić information content (AvgIpc) is 3.40. The summed E-state index contributed by atoms with van der Waals surface area (Å²) in [6, 6.07) is 7.99. The van der Waals surface area contributed by atoms with Crippen LogP contribution in [0.2, 0.25) is 24.2 Å². The Bertz CT molecular complexity index is 898. The minimum absolute atomic E-state index is 0.692. The lowest BCUT2D eigenvalue weighted by Crippen LogP contribution is -2.49. The Morgan fingerprint density at radius 1 is 0.933 bits per heavy atom. The summed E-state index contributed by atoms with van der Waals surface area (Å²) < 4.78 is 0. The van der Waals surface area contributed by atoms with Crippen LogP contribution in [-0.4, -0.2) is 21.2 Å². The van der Waals surface area contributed by atoms with Crippen molar-refractivity contribution in [1.82, 2.24) is 0 Å². The zero-order valence-corrected chi connectivity index (χ0v) is 20.4. The summed E-state index contributed by atoms with van der Waals surface area (Å²) >= 11 is 0. The van der Waals surface area contributed by atoms with Gasteiger partial charge in [0.1, 0.15) is 0 Å². The molecule has 0 saturated heterocycles. The van der Waals surface area contributed by atoms with Crippen LogP contribution in [0.15, 0.2) is 42.5 Å². The van der Waals surface area contributed by atoms with Crippen molar-refractivity contribution >= 4 is 13.8 Å². The first-order valence-corrected chi connectivity index (χ1v) is 15.8. The summed E-state index contributed by atoms with van der Waals surface area (Å²) in [5.41, 5.74) is 6.49. The molecule has 1 nitrogen and oxygen atoms in total. The maximum atomic E-state index is 2.81. The van der Waals surface area contributed by atoms with Crippen LogP contribution in [0.3, 0.4) is 0 Å². The minimum atomic E-state index is -1.46. The number of likely N-dealkylation sites (N-methyl/N-ethyl adjacent to an activating group) is 1. The molecule has 2 heteroatoms. The molecule has 1 aromatic rings. The highest BCUT2D eigenvalue weighted by molar-refractivity contribution is 6.80. The predicted molar refractivity (Wildman–Crippen MR) is 131 cm³/mol. The van der Waals surface area contributed by atoms with Crippen molar-refractivity contribution in [3.05, 3.63) is 53.6 Å². The van der Waals surface area contributed by atoms with E-state index in [2.05, 4.69) is 74.5 Å². The van der Waals surface area contributed by atoms with Crippen LogP contribution in [0.1, 0.15) is 55.6 Å². The number of fused-ring (bicyclic) bond motifs is 6. The summed E-state index contributed by atoms with van der Waals surface area (Å²) in [6.45, 7) is 7.88. The van der Waals surface area contributed by atoms with Crippen molar-refractivity contribution < 1.29 is 0 Å². The van der Waals surface area contributed by atoms with Crippen LogP contribution in [0.25, 0.3) is 0 Å². The molecule has 0 radical (unpaired) electrons. The first kappa shape index (κ1) is 19.4. The van der Waals surface area contributed by atoms with Crippen LogP contribution in [0, 0.1) is 30.6 Å². The topological polar surface area (TPSA) is 3.24 Å². The quantitative estimate of drug-likeness (QED) is 0.456. The number of allylic oxidation sites excluding steroid dienone is 4. The summed E-state index contributed by atoms with van der Waals surface area (Å²) in [7, 11) is 0.959. The first-order valence-electron chi connectivity index (χ1n) is 12.7. The van der Waals surface area contributed by atoms with Crippen LogP contribution in [0.4, 0.5) is 5.69 Å². The van der Waals surface area contributed by atoms with Gasteiger partial charge in [0.05, 0.1) is 8.07 Å².